The van der Waals surface area contributed by atoms with Gasteiger partial charge in [0, 0.05) is 28.9 Å². The lowest BCUT2D eigenvalue weighted by Gasteiger charge is -2.05. The summed E-state index contributed by atoms with van der Waals surface area (Å²) in [5, 5.41) is 0. The largest absolute Gasteiger partial charge is 0.326 e. The van der Waals surface area contributed by atoms with Gasteiger partial charge in [-0.2, -0.15) is 0 Å². The van der Waals surface area contributed by atoms with Crippen molar-refractivity contribution in [1.82, 2.24) is 0 Å². The molecule has 100 valence electrons. The fraction of sp³-hybridized carbons (Fsp3) is 0.250. The first kappa shape index (κ1) is 14.0. The topological polar surface area (TPSA) is 43.1 Å². The molecule has 0 spiro atoms. The summed E-state index contributed by atoms with van der Waals surface area (Å²) in [5.41, 5.74) is 10.1. The van der Waals surface area contributed by atoms with E-state index < -0.39 is 10.8 Å². The minimum Gasteiger partial charge on any atom is -0.326 e. The summed E-state index contributed by atoms with van der Waals surface area (Å²) in [7, 11) is -0.881. The molecule has 3 heteroatoms. The molecule has 0 saturated carbocycles. The summed E-state index contributed by atoms with van der Waals surface area (Å²) in [6, 6.07) is 16.2. The van der Waals surface area contributed by atoms with Crippen LogP contribution in [-0.2, 0) is 28.9 Å². The van der Waals surface area contributed by atoms with Crippen LogP contribution in [0.15, 0.2) is 48.5 Å². The zero-order valence-electron chi connectivity index (χ0n) is 11.1. The van der Waals surface area contributed by atoms with Crippen LogP contribution in [0.4, 0.5) is 0 Å². The Labute approximate surface area is 117 Å². The molecule has 2 aromatic rings. The quantitative estimate of drug-likeness (QED) is 0.910. The van der Waals surface area contributed by atoms with Crippen molar-refractivity contribution in [2.75, 3.05) is 0 Å². The SMILES string of the molecule is Cc1cccc(CS(=O)Cc2cccc(CN)c2)c1. The van der Waals surface area contributed by atoms with Crippen molar-refractivity contribution in [2.24, 2.45) is 5.73 Å². The smallest absolute Gasteiger partial charge is 0.0489 e. The van der Waals surface area contributed by atoms with Crippen LogP contribution in [0.3, 0.4) is 0 Å². The molecule has 0 heterocycles. The van der Waals surface area contributed by atoms with Gasteiger partial charge in [0.25, 0.3) is 0 Å². The van der Waals surface area contributed by atoms with E-state index in [4.69, 9.17) is 5.73 Å². The highest BCUT2D eigenvalue weighted by Crippen LogP contribution is 2.12. The minimum absolute atomic E-state index is 0.526. The Kier molecular flexibility index (Phi) is 4.88. The predicted octanol–water partition coefficient (Wildman–Crippen LogP) is 2.90. The van der Waals surface area contributed by atoms with Gasteiger partial charge in [0.2, 0.25) is 0 Å². The van der Waals surface area contributed by atoms with Crippen LogP contribution in [-0.4, -0.2) is 4.21 Å². The van der Waals surface area contributed by atoms with Crippen LogP contribution in [0.1, 0.15) is 22.3 Å². The second-order valence-corrected chi connectivity index (χ2v) is 6.20. The average Bonchev–Trinajstić information content (AvgIpc) is 2.38. The van der Waals surface area contributed by atoms with E-state index in [0.29, 0.717) is 18.1 Å². The maximum absolute atomic E-state index is 12.2. The highest BCUT2D eigenvalue weighted by molar-refractivity contribution is 7.83. The number of hydrogen-bond acceptors (Lipinski definition) is 2. The lowest BCUT2D eigenvalue weighted by Crippen LogP contribution is -2.02. The molecule has 1 atom stereocenters. The number of nitrogens with two attached hydrogens (primary N) is 1. The third kappa shape index (κ3) is 4.30. The summed E-state index contributed by atoms with van der Waals surface area (Å²) < 4.78 is 12.2. The molecule has 0 aliphatic carbocycles. The summed E-state index contributed by atoms with van der Waals surface area (Å²) in [5.74, 6) is 1.19. The standard InChI is InChI=1S/C16H19NOS/c1-13-4-2-6-15(8-13)11-19(18)12-16-7-3-5-14(9-16)10-17/h2-9H,10-12,17H2,1H3. The maximum atomic E-state index is 12.2. The van der Waals surface area contributed by atoms with Gasteiger partial charge in [-0.05, 0) is 23.6 Å². The molecular weight excluding hydrogens is 254 g/mol. The summed E-state index contributed by atoms with van der Waals surface area (Å²) in [6.07, 6.45) is 0. The van der Waals surface area contributed by atoms with Gasteiger partial charge in [-0.1, -0.05) is 54.1 Å². The van der Waals surface area contributed by atoms with E-state index >= 15 is 0 Å². The molecule has 19 heavy (non-hydrogen) atoms. The summed E-state index contributed by atoms with van der Waals surface area (Å²) in [6.45, 7) is 2.58. The zero-order chi connectivity index (χ0) is 13.7. The van der Waals surface area contributed by atoms with Crippen molar-refractivity contribution < 1.29 is 4.21 Å². The van der Waals surface area contributed by atoms with E-state index in [0.717, 1.165) is 16.7 Å². The van der Waals surface area contributed by atoms with E-state index in [1.807, 2.05) is 36.4 Å². The normalized spacial score (nSPS) is 12.3. The van der Waals surface area contributed by atoms with Crippen LogP contribution < -0.4 is 5.73 Å². The van der Waals surface area contributed by atoms with Crippen molar-refractivity contribution >= 4 is 10.8 Å². The van der Waals surface area contributed by atoms with Crippen molar-refractivity contribution in [1.29, 1.82) is 0 Å². The fourth-order valence-corrected chi connectivity index (χ4v) is 3.28. The molecule has 2 rings (SSSR count). The minimum atomic E-state index is -0.881. The van der Waals surface area contributed by atoms with E-state index in [9.17, 15) is 4.21 Å². The van der Waals surface area contributed by atoms with Crippen molar-refractivity contribution in [3.8, 4) is 0 Å². The number of benzene rings is 2. The third-order valence-corrected chi connectivity index (χ3v) is 4.28. The first-order valence-corrected chi connectivity index (χ1v) is 7.84. The zero-order valence-corrected chi connectivity index (χ0v) is 12.0. The molecule has 0 aromatic heterocycles. The Balaban J connectivity index is 2.01. The lowest BCUT2D eigenvalue weighted by molar-refractivity contribution is 0.682. The third-order valence-electron chi connectivity index (χ3n) is 2.96. The number of hydrogen-bond donors (Lipinski definition) is 1. The van der Waals surface area contributed by atoms with Gasteiger partial charge in [-0.25, -0.2) is 0 Å². The molecule has 1 unspecified atom stereocenters. The van der Waals surface area contributed by atoms with Crippen LogP contribution in [0.25, 0.3) is 0 Å². The molecule has 2 nitrogen and oxygen atoms in total. The average molecular weight is 273 g/mol. The van der Waals surface area contributed by atoms with Crippen molar-refractivity contribution in [3.05, 3.63) is 70.8 Å². The molecular formula is C16H19NOS. The van der Waals surface area contributed by atoms with Crippen LogP contribution in [0.5, 0.6) is 0 Å². The lowest BCUT2D eigenvalue weighted by atomic mass is 10.1. The van der Waals surface area contributed by atoms with E-state index in [-0.39, 0.29) is 0 Å². The summed E-state index contributed by atoms with van der Waals surface area (Å²) in [4.78, 5) is 0. The Morgan fingerprint density at radius 3 is 2.16 bits per heavy atom. The number of aryl methyl sites for hydroxylation is 1. The predicted molar refractivity (Wildman–Crippen MR) is 81.1 cm³/mol. The van der Waals surface area contributed by atoms with E-state index in [1.165, 1.54) is 5.56 Å². The Morgan fingerprint density at radius 2 is 1.53 bits per heavy atom. The Morgan fingerprint density at radius 1 is 0.947 bits per heavy atom. The van der Waals surface area contributed by atoms with Gasteiger partial charge < -0.3 is 5.73 Å². The molecule has 0 amide bonds. The van der Waals surface area contributed by atoms with Gasteiger partial charge in [0.05, 0.1) is 0 Å². The Hall–Kier alpha value is -1.45. The van der Waals surface area contributed by atoms with Crippen molar-refractivity contribution in [3.63, 3.8) is 0 Å². The van der Waals surface area contributed by atoms with E-state index in [2.05, 4.69) is 19.1 Å². The monoisotopic (exact) mass is 273 g/mol. The Bertz CT molecular complexity index is 580. The molecule has 0 radical (unpaired) electrons. The number of rotatable bonds is 5. The summed E-state index contributed by atoms with van der Waals surface area (Å²) >= 11 is 0. The molecule has 2 N–H and O–H groups in total. The highest BCUT2D eigenvalue weighted by atomic mass is 32.2. The molecule has 0 aliphatic rings. The van der Waals surface area contributed by atoms with Gasteiger partial charge in [-0.3, -0.25) is 4.21 Å². The second kappa shape index (κ2) is 6.64. The molecule has 0 fully saturated rings. The van der Waals surface area contributed by atoms with Gasteiger partial charge in [0.1, 0.15) is 0 Å². The molecule has 0 saturated heterocycles. The first-order chi connectivity index (χ1) is 9.17. The van der Waals surface area contributed by atoms with Gasteiger partial charge in [-0.15, -0.1) is 0 Å². The van der Waals surface area contributed by atoms with Crippen molar-refractivity contribution in [2.45, 2.75) is 25.0 Å². The molecule has 0 bridgehead atoms. The van der Waals surface area contributed by atoms with Gasteiger partial charge >= 0.3 is 0 Å². The first-order valence-electron chi connectivity index (χ1n) is 6.36. The van der Waals surface area contributed by atoms with Crippen LogP contribution in [0, 0.1) is 6.92 Å². The van der Waals surface area contributed by atoms with Gasteiger partial charge in [0.15, 0.2) is 0 Å². The molecule has 0 aliphatic heterocycles. The fourth-order valence-electron chi connectivity index (χ4n) is 2.07. The van der Waals surface area contributed by atoms with Crippen LogP contribution in [0.2, 0.25) is 0 Å². The van der Waals surface area contributed by atoms with Crippen LogP contribution >= 0.6 is 0 Å². The molecule has 2 aromatic carbocycles. The highest BCUT2D eigenvalue weighted by Gasteiger charge is 2.04. The van der Waals surface area contributed by atoms with E-state index in [1.54, 1.807) is 0 Å². The maximum Gasteiger partial charge on any atom is 0.0489 e. The second-order valence-electron chi connectivity index (χ2n) is 4.74.